The molecule has 0 bridgehead atoms. The number of anilines is 1. The molecule has 2 aliphatic rings. The minimum absolute atomic E-state index is 0.130. The molecule has 1 fully saturated rings. The maximum Gasteiger partial charge on any atom is 0.219 e. The van der Waals surface area contributed by atoms with Crippen molar-refractivity contribution in [2.45, 2.75) is 38.6 Å². The number of rotatable bonds is 0. The van der Waals surface area contributed by atoms with Crippen LogP contribution in [-0.4, -0.2) is 36.5 Å². The average molecular weight is 284 g/mol. The summed E-state index contributed by atoms with van der Waals surface area (Å²) in [6.07, 6.45) is 3.05. The molecule has 1 saturated heterocycles. The van der Waals surface area contributed by atoms with E-state index >= 15 is 0 Å². The van der Waals surface area contributed by atoms with E-state index in [4.69, 9.17) is 0 Å². The Kier molecular flexibility index (Phi) is 3.31. The standard InChI is InChI=1S/C18H24N2O/c1-13-5-6-17-16(11-13)14(2)12-18(19(17)4)7-9-20(10-8-18)15(3)21/h5-6,11H,2,7-10,12H2,1,3-4H3. The molecule has 3 heteroatoms. The summed E-state index contributed by atoms with van der Waals surface area (Å²) < 4.78 is 0. The highest BCUT2D eigenvalue weighted by Gasteiger charge is 2.42. The van der Waals surface area contributed by atoms with Crippen LogP contribution in [0.2, 0.25) is 0 Å². The number of likely N-dealkylation sites (tertiary alicyclic amines) is 1. The Morgan fingerprint density at radius 1 is 1.29 bits per heavy atom. The summed E-state index contributed by atoms with van der Waals surface area (Å²) >= 11 is 0. The highest BCUT2D eigenvalue weighted by molar-refractivity contribution is 5.81. The summed E-state index contributed by atoms with van der Waals surface area (Å²) in [5.41, 5.74) is 5.23. The van der Waals surface area contributed by atoms with Crippen molar-refractivity contribution in [2.24, 2.45) is 0 Å². The lowest BCUT2D eigenvalue weighted by atomic mass is 9.75. The predicted octanol–water partition coefficient (Wildman–Crippen LogP) is 3.23. The van der Waals surface area contributed by atoms with Gasteiger partial charge in [-0.3, -0.25) is 4.79 Å². The van der Waals surface area contributed by atoms with Gasteiger partial charge in [-0.1, -0.05) is 18.2 Å². The molecule has 1 aromatic rings. The van der Waals surface area contributed by atoms with E-state index in [1.165, 1.54) is 22.4 Å². The van der Waals surface area contributed by atoms with Crippen molar-refractivity contribution < 1.29 is 4.79 Å². The van der Waals surface area contributed by atoms with Gasteiger partial charge in [0, 0.05) is 43.9 Å². The lowest BCUT2D eigenvalue weighted by Crippen LogP contribution is -2.56. The summed E-state index contributed by atoms with van der Waals surface area (Å²) in [4.78, 5) is 15.9. The number of hydrogen-bond donors (Lipinski definition) is 0. The Morgan fingerprint density at radius 3 is 2.57 bits per heavy atom. The van der Waals surface area contributed by atoms with Crippen LogP contribution in [0.15, 0.2) is 24.8 Å². The molecule has 2 heterocycles. The first kappa shape index (κ1) is 14.2. The van der Waals surface area contributed by atoms with Gasteiger partial charge < -0.3 is 9.80 Å². The molecular weight excluding hydrogens is 260 g/mol. The van der Waals surface area contributed by atoms with Crippen molar-refractivity contribution >= 4 is 17.2 Å². The number of nitrogens with zero attached hydrogens (tertiary/aromatic N) is 2. The number of carbonyl (C=O) groups excluding carboxylic acids is 1. The maximum absolute atomic E-state index is 11.5. The Labute approximate surface area is 127 Å². The quantitative estimate of drug-likeness (QED) is 0.730. The van der Waals surface area contributed by atoms with E-state index in [9.17, 15) is 4.79 Å². The van der Waals surface area contributed by atoms with Crippen LogP contribution in [0.3, 0.4) is 0 Å². The summed E-state index contributed by atoms with van der Waals surface area (Å²) in [5.74, 6) is 0.193. The van der Waals surface area contributed by atoms with Crippen LogP contribution in [0, 0.1) is 6.92 Å². The Bertz CT molecular complexity index is 597. The normalized spacial score (nSPS) is 20.6. The van der Waals surface area contributed by atoms with E-state index in [1.807, 2.05) is 4.90 Å². The largest absolute Gasteiger partial charge is 0.368 e. The zero-order chi connectivity index (χ0) is 15.2. The second-order valence-electron chi connectivity index (χ2n) is 6.59. The monoisotopic (exact) mass is 284 g/mol. The molecule has 3 nitrogen and oxygen atoms in total. The highest BCUT2D eigenvalue weighted by atomic mass is 16.2. The molecule has 0 atom stereocenters. The first-order valence-corrected chi connectivity index (χ1v) is 7.71. The van der Waals surface area contributed by atoms with Gasteiger partial charge in [0.2, 0.25) is 5.91 Å². The third-order valence-electron chi connectivity index (χ3n) is 5.29. The maximum atomic E-state index is 11.5. The van der Waals surface area contributed by atoms with Crippen molar-refractivity contribution in [3.8, 4) is 0 Å². The second kappa shape index (κ2) is 4.90. The van der Waals surface area contributed by atoms with Crippen LogP contribution in [0.5, 0.6) is 0 Å². The summed E-state index contributed by atoms with van der Waals surface area (Å²) in [5, 5.41) is 0. The van der Waals surface area contributed by atoms with Gasteiger partial charge in [0.15, 0.2) is 0 Å². The Balaban J connectivity index is 1.92. The molecular formula is C18H24N2O. The molecule has 2 aliphatic heterocycles. The van der Waals surface area contributed by atoms with Gasteiger partial charge in [-0.15, -0.1) is 0 Å². The SMILES string of the molecule is C=C1CC2(CCN(C(C)=O)CC2)N(C)c2ccc(C)cc21. The number of benzene rings is 1. The molecule has 0 aliphatic carbocycles. The van der Waals surface area contributed by atoms with Gasteiger partial charge in [-0.05, 0) is 43.9 Å². The molecule has 112 valence electrons. The zero-order valence-electron chi connectivity index (χ0n) is 13.3. The lowest BCUT2D eigenvalue weighted by Gasteiger charge is -2.52. The van der Waals surface area contributed by atoms with Crippen LogP contribution >= 0.6 is 0 Å². The summed E-state index contributed by atoms with van der Waals surface area (Å²) in [7, 11) is 2.20. The van der Waals surface area contributed by atoms with Crippen molar-refractivity contribution in [3.05, 3.63) is 35.9 Å². The van der Waals surface area contributed by atoms with Crippen molar-refractivity contribution in [1.29, 1.82) is 0 Å². The van der Waals surface area contributed by atoms with Gasteiger partial charge in [0.05, 0.1) is 0 Å². The Morgan fingerprint density at radius 2 is 1.95 bits per heavy atom. The summed E-state index contributed by atoms with van der Waals surface area (Å²) in [6, 6.07) is 6.63. The third-order valence-corrected chi connectivity index (χ3v) is 5.29. The number of carbonyl (C=O) groups is 1. The van der Waals surface area contributed by atoms with E-state index < -0.39 is 0 Å². The first-order chi connectivity index (χ1) is 9.93. The summed E-state index contributed by atoms with van der Waals surface area (Å²) in [6.45, 7) is 9.83. The average Bonchev–Trinajstić information content (AvgIpc) is 2.45. The minimum atomic E-state index is 0.130. The van der Waals surface area contributed by atoms with Crippen molar-refractivity contribution in [3.63, 3.8) is 0 Å². The molecule has 3 rings (SSSR count). The van der Waals surface area contributed by atoms with E-state index in [-0.39, 0.29) is 11.4 Å². The molecule has 0 saturated carbocycles. The number of fused-ring (bicyclic) bond motifs is 1. The Hall–Kier alpha value is -1.77. The van der Waals surface area contributed by atoms with Crippen LogP contribution in [0.25, 0.3) is 5.57 Å². The molecule has 21 heavy (non-hydrogen) atoms. The van der Waals surface area contributed by atoms with E-state index in [0.29, 0.717) is 0 Å². The smallest absolute Gasteiger partial charge is 0.219 e. The number of hydrogen-bond acceptors (Lipinski definition) is 2. The van der Waals surface area contributed by atoms with Crippen LogP contribution in [0.1, 0.15) is 37.3 Å². The molecule has 0 unspecified atom stereocenters. The van der Waals surface area contributed by atoms with Gasteiger partial charge in [-0.2, -0.15) is 0 Å². The van der Waals surface area contributed by atoms with Crippen molar-refractivity contribution in [1.82, 2.24) is 4.90 Å². The number of piperidine rings is 1. The van der Waals surface area contributed by atoms with Gasteiger partial charge >= 0.3 is 0 Å². The lowest BCUT2D eigenvalue weighted by molar-refractivity contribution is -0.130. The zero-order valence-corrected chi connectivity index (χ0v) is 13.3. The van der Waals surface area contributed by atoms with Gasteiger partial charge in [0.25, 0.3) is 0 Å². The fourth-order valence-corrected chi connectivity index (χ4v) is 3.84. The number of aryl methyl sites for hydroxylation is 1. The van der Waals surface area contributed by atoms with E-state index in [2.05, 4.69) is 43.6 Å². The molecule has 1 aromatic carbocycles. The molecule has 1 spiro atoms. The van der Waals surface area contributed by atoms with E-state index in [0.717, 1.165) is 32.4 Å². The fraction of sp³-hybridized carbons (Fsp3) is 0.500. The van der Waals surface area contributed by atoms with E-state index in [1.54, 1.807) is 6.92 Å². The highest BCUT2D eigenvalue weighted by Crippen LogP contribution is 2.46. The number of amides is 1. The van der Waals surface area contributed by atoms with Gasteiger partial charge in [-0.25, -0.2) is 0 Å². The molecule has 1 amide bonds. The first-order valence-electron chi connectivity index (χ1n) is 7.71. The topological polar surface area (TPSA) is 23.6 Å². The molecule has 0 radical (unpaired) electrons. The fourth-order valence-electron chi connectivity index (χ4n) is 3.84. The van der Waals surface area contributed by atoms with Gasteiger partial charge in [0.1, 0.15) is 0 Å². The van der Waals surface area contributed by atoms with Crippen LogP contribution in [-0.2, 0) is 4.79 Å². The minimum Gasteiger partial charge on any atom is -0.368 e. The second-order valence-corrected chi connectivity index (χ2v) is 6.59. The van der Waals surface area contributed by atoms with Crippen LogP contribution < -0.4 is 4.90 Å². The van der Waals surface area contributed by atoms with Crippen molar-refractivity contribution in [2.75, 3.05) is 25.0 Å². The molecule has 0 aromatic heterocycles. The van der Waals surface area contributed by atoms with Crippen LogP contribution in [0.4, 0.5) is 5.69 Å². The predicted molar refractivity (Wildman–Crippen MR) is 87.5 cm³/mol. The molecule has 0 N–H and O–H groups in total. The third kappa shape index (κ3) is 2.25.